The Morgan fingerprint density at radius 3 is 2.81 bits per heavy atom. The third-order valence-corrected chi connectivity index (χ3v) is 3.63. The van der Waals surface area contributed by atoms with Crippen LogP contribution in [0.3, 0.4) is 0 Å². The van der Waals surface area contributed by atoms with Crippen molar-refractivity contribution in [1.29, 1.82) is 5.26 Å². The van der Waals surface area contributed by atoms with Gasteiger partial charge in [0, 0.05) is 4.47 Å². The maximum absolute atomic E-state index is 11.1. The first-order chi connectivity index (χ1) is 10.1. The SMILES string of the molecule is N#Cc1cc(Br)ccc1-n1cnc2ccc(C(=O)O)cc21. The van der Waals surface area contributed by atoms with Gasteiger partial charge in [0.15, 0.2) is 0 Å². The van der Waals surface area contributed by atoms with Crippen LogP contribution in [0.1, 0.15) is 15.9 Å². The number of nitrogens with zero attached hydrogens (tertiary/aromatic N) is 3. The fourth-order valence-corrected chi connectivity index (χ4v) is 2.50. The maximum atomic E-state index is 11.1. The number of benzene rings is 2. The second kappa shape index (κ2) is 5.04. The van der Waals surface area contributed by atoms with E-state index in [-0.39, 0.29) is 5.56 Å². The lowest BCUT2D eigenvalue weighted by atomic mass is 10.1. The van der Waals surface area contributed by atoms with Gasteiger partial charge in [-0.3, -0.25) is 4.57 Å². The molecule has 0 aliphatic heterocycles. The van der Waals surface area contributed by atoms with Crippen LogP contribution in [-0.4, -0.2) is 20.6 Å². The van der Waals surface area contributed by atoms with Crippen LogP contribution in [-0.2, 0) is 0 Å². The summed E-state index contributed by atoms with van der Waals surface area (Å²) in [5.74, 6) is -0.999. The van der Waals surface area contributed by atoms with E-state index in [0.717, 1.165) is 4.47 Å². The van der Waals surface area contributed by atoms with Gasteiger partial charge in [-0.15, -0.1) is 0 Å². The molecule has 0 aliphatic carbocycles. The van der Waals surface area contributed by atoms with Crippen molar-refractivity contribution in [2.45, 2.75) is 0 Å². The number of carbonyl (C=O) groups is 1. The number of hydrogen-bond acceptors (Lipinski definition) is 3. The third kappa shape index (κ3) is 2.28. The molecule has 6 heteroatoms. The molecular formula is C15H8BrN3O2. The van der Waals surface area contributed by atoms with Crippen LogP contribution >= 0.6 is 15.9 Å². The molecular weight excluding hydrogens is 334 g/mol. The van der Waals surface area contributed by atoms with Gasteiger partial charge >= 0.3 is 5.97 Å². The molecule has 0 fully saturated rings. The van der Waals surface area contributed by atoms with Crippen molar-refractivity contribution in [1.82, 2.24) is 9.55 Å². The topological polar surface area (TPSA) is 78.9 Å². The Bertz CT molecular complexity index is 909. The van der Waals surface area contributed by atoms with Crippen molar-refractivity contribution in [3.8, 4) is 11.8 Å². The van der Waals surface area contributed by atoms with E-state index in [1.165, 1.54) is 6.07 Å². The molecule has 1 aromatic heterocycles. The van der Waals surface area contributed by atoms with Gasteiger partial charge in [0.1, 0.15) is 12.4 Å². The van der Waals surface area contributed by atoms with Crippen LogP contribution in [0.2, 0.25) is 0 Å². The lowest BCUT2D eigenvalue weighted by molar-refractivity contribution is 0.0697. The Morgan fingerprint density at radius 1 is 1.29 bits per heavy atom. The van der Waals surface area contributed by atoms with Gasteiger partial charge in [0.25, 0.3) is 0 Å². The fraction of sp³-hybridized carbons (Fsp3) is 0. The Hall–Kier alpha value is -2.65. The van der Waals surface area contributed by atoms with E-state index in [1.807, 2.05) is 6.07 Å². The number of aromatic nitrogens is 2. The van der Waals surface area contributed by atoms with Gasteiger partial charge < -0.3 is 5.11 Å². The minimum atomic E-state index is -0.999. The summed E-state index contributed by atoms with van der Waals surface area (Å²) in [7, 11) is 0. The quantitative estimate of drug-likeness (QED) is 0.775. The fourth-order valence-electron chi connectivity index (χ4n) is 2.14. The van der Waals surface area contributed by atoms with E-state index < -0.39 is 5.97 Å². The van der Waals surface area contributed by atoms with Gasteiger partial charge in [-0.2, -0.15) is 5.26 Å². The van der Waals surface area contributed by atoms with Gasteiger partial charge in [-0.1, -0.05) is 15.9 Å². The lowest BCUT2D eigenvalue weighted by Gasteiger charge is -2.07. The van der Waals surface area contributed by atoms with Crippen LogP contribution in [0.5, 0.6) is 0 Å². The molecule has 0 unspecified atom stereocenters. The average molecular weight is 342 g/mol. The zero-order valence-corrected chi connectivity index (χ0v) is 12.2. The first kappa shape index (κ1) is 13.3. The van der Waals surface area contributed by atoms with E-state index in [0.29, 0.717) is 22.3 Å². The van der Waals surface area contributed by atoms with E-state index >= 15 is 0 Å². The van der Waals surface area contributed by atoms with Gasteiger partial charge in [0.2, 0.25) is 0 Å². The molecule has 0 saturated carbocycles. The molecule has 2 aromatic carbocycles. The Kier molecular flexibility index (Phi) is 3.20. The second-order valence-corrected chi connectivity index (χ2v) is 5.31. The zero-order chi connectivity index (χ0) is 15.0. The molecule has 3 aromatic rings. The number of aromatic carboxylic acids is 1. The van der Waals surface area contributed by atoms with Crippen LogP contribution < -0.4 is 0 Å². The summed E-state index contributed by atoms with van der Waals surface area (Å²) in [6.07, 6.45) is 1.58. The van der Waals surface area contributed by atoms with Crippen molar-refractivity contribution in [2.75, 3.05) is 0 Å². The lowest BCUT2D eigenvalue weighted by Crippen LogP contribution is -1.99. The smallest absolute Gasteiger partial charge is 0.335 e. The Morgan fingerprint density at radius 2 is 2.10 bits per heavy atom. The number of hydrogen-bond donors (Lipinski definition) is 1. The molecule has 0 saturated heterocycles. The van der Waals surface area contributed by atoms with Gasteiger partial charge in [-0.25, -0.2) is 9.78 Å². The van der Waals surface area contributed by atoms with Crippen LogP contribution in [0.4, 0.5) is 0 Å². The Labute approximate surface area is 128 Å². The normalized spacial score (nSPS) is 10.5. The first-order valence-electron chi connectivity index (χ1n) is 6.00. The molecule has 0 amide bonds. The Balaban J connectivity index is 2.28. The molecule has 21 heavy (non-hydrogen) atoms. The van der Waals surface area contributed by atoms with Crippen molar-refractivity contribution < 1.29 is 9.90 Å². The highest BCUT2D eigenvalue weighted by Crippen LogP contribution is 2.24. The summed E-state index contributed by atoms with van der Waals surface area (Å²) in [6.45, 7) is 0. The average Bonchev–Trinajstić information content (AvgIpc) is 2.89. The van der Waals surface area contributed by atoms with Crippen LogP contribution in [0.25, 0.3) is 16.7 Å². The minimum absolute atomic E-state index is 0.180. The van der Waals surface area contributed by atoms with E-state index in [1.54, 1.807) is 35.2 Å². The summed E-state index contributed by atoms with van der Waals surface area (Å²) in [5.41, 5.74) is 2.63. The highest BCUT2D eigenvalue weighted by Gasteiger charge is 2.12. The summed E-state index contributed by atoms with van der Waals surface area (Å²) >= 11 is 3.33. The largest absolute Gasteiger partial charge is 0.478 e. The summed E-state index contributed by atoms with van der Waals surface area (Å²) < 4.78 is 2.52. The number of carboxylic acid groups (broad SMARTS) is 1. The summed E-state index contributed by atoms with van der Waals surface area (Å²) in [4.78, 5) is 15.3. The maximum Gasteiger partial charge on any atom is 0.335 e. The first-order valence-corrected chi connectivity index (χ1v) is 6.80. The predicted molar refractivity (Wildman–Crippen MR) is 80.4 cm³/mol. The minimum Gasteiger partial charge on any atom is -0.478 e. The number of rotatable bonds is 2. The molecule has 0 spiro atoms. The third-order valence-electron chi connectivity index (χ3n) is 3.13. The van der Waals surface area contributed by atoms with Gasteiger partial charge in [0.05, 0.1) is 27.8 Å². The molecule has 102 valence electrons. The molecule has 0 bridgehead atoms. The predicted octanol–water partition coefficient (Wildman–Crippen LogP) is 3.36. The summed E-state index contributed by atoms with van der Waals surface area (Å²) in [5, 5.41) is 18.4. The number of fused-ring (bicyclic) bond motifs is 1. The van der Waals surface area contributed by atoms with Crippen molar-refractivity contribution >= 4 is 32.9 Å². The monoisotopic (exact) mass is 341 g/mol. The van der Waals surface area contributed by atoms with E-state index in [9.17, 15) is 10.1 Å². The number of halogens is 1. The van der Waals surface area contributed by atoms with Crippen molar-refractivity contribution in [3.63, 3.8) is 0 Å². The van der Waals surface area contributed by atoms with E-state index in [4.69, 9.17) is 5.11 Å². The van der Waals surface area contributed by atoms with Crippen molar-refractivity contribution in [2.24, 2.45) is 0 Å². The zero-order valence-electron chi connectivity index (χ0n) is 10.6. The molecule has 0 aliphatic rings. The van der Waals surface area contributed by atoms with Crippen molar-refractivity contribution in [3.05, 3.63) is 58.3 Å². The number of imidazole rings is 1. The highest BCUT2D eigenvalue weighted by atomic mass is 79.9. The molecule has 1 N–H and O–H groups in total. The van der Waals surface area contributed by atoms with E-state index in [2.05, 4.69) is 27.0 Å². The standard InChI is InChI=1S/C15H8BrN3O2/c16-11-2-4-13(10(5-11)7-17)19-8-18-12-3-1-9(15(20)21)6-14(12)19/h1-6,8H,(H,20,21). The number of carboxylic acids is 1. The second-order valence-electron chi connectivity index (χ2n) is 4.40. The summed E-state index contributed by atoms with van der Waals surface area (Å²) in [6, 6.07) is 12.2. The van der Waals surface area contributed by atoms with Crippen LogP contribution in [0, 0.1) is 11.3 Å². The molecule has 0 atom stereocenters. The van der Waals surface area contributed by atoms with Gasteiger partial charge in [-0.05, 0) is 36.4 Å². The number of nitriles is 1. The molecule has 1 heterocycles. The van der Waals surface area contributed by atoms with Crippen LogP contribution in [0.15, 0.2) is 47.2 Å². The molecule has 5 nitrogen and oxygen atoms in total. The highest BCUT2D eigenvalue weighted by molar-refractivity contribution is 9.10. The molecule has 3 rings (SSSR count). The molecule has 0 radical (unpaired) electrons.